The molecule has 1 saturated heterocycles. The summed E-state index contributed by atoms with van der Waals surface area (Å²) in [5.74, 6) is 1.10. The molecule has 3 unspecified atom stereocenters. The Hall–Kier alpha value is -0.570. The van der Waals surface area contributed by atoms with Crippen LogP contribution in [0, 0.1) is 11.8 Å². The molecule has 2 N–H and O–H groups in total. The van der Waals surface area contributed by atoms with E-state index in [1.165, 1.54) is 6.42 Å². The molecule has 0 aromatic rings. The van der Waals surface area contributed by atoms with E-state index in [1.54, 1.807) is 0 Å². The zero-order chi connectivity index (χ0) is 12.8. The van der Waals surface area contributed by atoms with Crippen molar-refractivity contribution in [2.24, 2.45) is 17.6 Å². The van der Waals surface area contributed by atoms with E-state index in [0.717, 1.165) is 38.8 Å². The number of amides is 1. The van der Waals surface area contributed by atoms with Crippen LogP contribution in [0.5, 0.6) is 0 Å². The monoisotopic (exact) mass is 240 g/mol. The molecule has 3 nitrogen and oxygen atoms in total. The van der Waals surface area contributed by atoms with E-state index in [4.69, 9.17) is 5.73 Å². The van der Waals surface area contributed by atoms with E-state index in [2.05, 4.69) is 20.8 Å². The van der Waals surface area contributed by atoms with Gasteiger partial charge in [0.25, 0.3) is 0 Å². The van der Waals surface area contributed by atoms with Gasteiger partial charge in [-0.2, -0.15) is 0 Å². The molecular weight excluding hydrogens is 212 g/mol. The molecule has 3 atom stereocenters. The number of carbonyl (C=O) groups excluding carboxylic acids is 1. The van der Waals surface area contributed by atoms with E-state index < -0.39 is 0 Å². The summed E-state index contributed by atoms with van der Waals surface area (Å²) in [4.78, 5) is 14.4. The zero-order valence-electron chi connectivity index (χ0n) is 11.6. The average Bonchev–Trinajstić information content (AvgIpc) is 2.28. The lowest BCUT2D eigenvalue weighted by atomic mass is 9.92. The highest BCUT2D eigenvalue weighted by atomic mass is 16.2. The molecule has 1 aliphatic rings. The first-order valence-electron chi connectivity index (χ1n) is 7.12. The van der Waals surface area contributed by atoms with Crippen LogP contribution in [0.15, 0.2) is 0 Å². The molecule has 1 heterocycles. The normalized spacial score (nSPS) is 26.9. The van der Waals surface area contributed by atoms with Gasteiger partial charge < -0.3 is 10.6 Å². The summed E-state index contributed by atoms with van der Waals surface area (Å²) in [6.45, 7) is 8.13. The molecule has 0 radical (unpaired) electrons. The molecule has 0 spiro atoms. The van der Waals surface area contributed by atoms with Crippen LogP contribution in [-0.4, -0.2) is 29.9 Å². The van der Waals surface area contributed by atoms with E-state index >= 15 is 0 Å². The second kappa shape index (κ2) is 7.00. The number of piperidine rings is 1. The first-order chi connectivity index (χ1) is 8.08. The van der Waals surface area contributed by atoms with Crippen LogP contribution in [0.2, 0.25) is 0 Å². The fraction of sp³-hybridized carbons (Fsp3) is 0.929. The smallest absolute Gasteiger partial charge is 0.225 e. The topological polar surface area (TPSA) is 46.3 Å². The fourth-order valence-electron chi connectivity index (χ4n) is 2.79. The maximum atomic E-state index is 12.4. The Morgan fingerprint density at radius 3 is 2.65 bits per heavy atom. The Morgan fingerprint density at radius 2 is 2.12 bits per heavy atom. The second-order valence-electron chi connectivity index (χ2n) is 5.59. The third-order valence-corrected chi connectivity index (χ3v) is 3.75. The predicted octanol–water partition coefficient (Wildman–Crippen LogP) is 2.40. The van der Waals surface area contributed by atoms with Crippen molar-refractivity contribution in [2.45, 2.75) is 58.9 Å². The van der Waals surface area contributed by atoms with Crippen molar-refractivity contribution in [1.29, 1.82) is 0 Å². The van der Waals surface area contributed by atoms with Gasteiger partial charge in [-0.3, -0.25) is 4.79 Å². The molecule has 0 aliphatic carbocycles. The Morgan fingerprint density at radius 1 is 1.41 bits per heavy atom. The van der Waals surface area contributed by atoms with Crippen molar-refractivity contribution in [1.82, 2.24) is 4.90 Å². The molecular formula is C14H28N2O. The van der Waals surface area contributed by atoms with Gasteiger partial charge in [0, 0.05) is 25.0 Å². The van der Waals surface area contributed by atoms with Crippen molar-refractivity contribution in [3.05, 3.63) is 0 Å². The lowest BCUT2D eigenvalue weighted by Crippen LogP contribution is -2.50. The second-order valence-corrected chi connectivity index (χ2v) is 5.59. The minimum absolute atomic E-state index is 0.173. The molecule has 0 aromatic heterocycles. The largest absolute Gasteiger partial charge is 0.341 e. The molecule has 1 fully saturated rings. The third kappa shape index (κ3) is 4.30. The number of hydrogen-bond donors (Lipinski definition) is 1. The average molecular weight is 240 g/mol. The Labute approximate surface area is 106 Å². The van der Waals surface area contributed by atoms with Gasteiger partial charge in [-0.15, -0.1) is 0 Å². The minimum Gasteiger partial charge on any atom is -0.341 e. The number of rotatable bonds is 5. The third-order valence-electron chi connectivity index (χ3n) is 3.75. The molecule has 0 aromatic carbocycles. The van der Waals surface area contributed by atoms with E-state index in [0.29, 0.717) is 11.8 Å². The van der Waals surface area contributed by atoms with Crippen LogP contribution in [-0.2, 0) is 4.79 Å². The van der Waals surface area contributed by atoms with Crippen LogP contribution in [0.1, 0.15) is 52.9 Å². The number of nitrogens with zero attached hydrogens (tertiary/aromatic N) is 1. The van der Waals surface area contributed by atoms with Crippen LogP contribution in [0.25, 0.3) is 0 Å². The minimum atomic E-state index is 0.173. The molecule has 100 valence electrons. The zero-order valence-corrected chi connectivity index (χ0v) is 11.6. The highest BCUT2D eigenvalue weighted by Crippen LogP contribution is 2.21. The van der Waals surface area contributed by atoms with Crippen molar-refractivity contribution < 1.29 is 4.79 Å². The Bertz CT molecular complexity index is 232. The molecule has 1 amide bonds. The summed E-state index contributed by atoms with van der Waals surface area (Å²) in [5.41, 5.74) is 6.00. The summed E-state index contributed by atoms with van der Waals surface area (Å²) in [6, 6.07) is 0.173. The van der Waals surface area contributed by atoms with Crippen molar-refractivity contribution in [2.75, 3.05) is 13.1 Å². The summed E-state index contributed by atoms with van der Waals surface area (Å²) in [7, 11) is 0. The highest BCUT2D eigenvalue weighted by Gasteiger charge is 2.29. The summed E-state index contributed by atoms with van der Waals surface area (Å²) in [6.07, 6.45) is 5.36. The van der Waals surface area contributed by atoms with Gasteiger partial charge in [-0.1, -0.05) is 33.6 Å². The van der Waals surface area contributed by atoms with Gasteiger partial charge in [-0.25, -0.2) is 0 Å². The number of likely N-dealkylation sites (tertiary alicyclic amines) is 1. The summed E-state index contributed by atoms with van der Waals surface area (Å²) >= 11 is 0. The molecule has 3 heteroatoms. The summed E-state index contributed by atoms with van der Waals surface area (Å²) in [5, 5.41) is 0. The van der Waals surface area contributed by atoms with Gasteiger partial charge >= 0.3 is 0 Å². The number of hydrogen-bond acceptors (Lipinski definition) is 2. The van der Waals surface area contributed by atoms with Crippen LogP contribution in [0.4, 0.5) is 0 Å². The van der Waals surface area contributed by atoms with Crippen LogP contribution < -0.4 is 5.73 Å². The first-order valence-corrected chi connectivity index (χ1v) is 7.12. The fourth-order valence-corrected chi connectivity index (χ4v) is 2.79. The maximum absolute atomic E-state index is 12.4. The molecule has 1 rings (SSSR count). The number of nitrogens with two attached hydrogens (primary N) is 1. The van der Waals surface area contributed by atoms with Crippen molar-refractivity contribution in [3.8, 4) is 0 Å². The lowest BCUT2D eigenvalue weighted by molar-refractivity contribution is -0.138. The molecule has 1 aliphatic heterocycles. The van der Waals surface area contributed by atoms with Crippen LogP contribution >= 0.6 is 0 Å². The Balaban J connectivity index is 2.54. The van der Waals surface area contributed by atoms with Gasteiger partial charge in [0.15, 0.2) is 0 Å². The van der Waals surface area contributed by atoms with Gasteiger partial charge in [0.1, 0.15) is 0 Å². The Kier molecular flexibility index (Phi) is 5.96. The van der Waals surface area contributed by atoms with E-state index in [-0.39, 0.29) is 12.0 Å². The molecule has 0 bridgehead atoms. The number of unbranched alkanes of at least 4 members (excludes halogenated alkanes) is 1. The van der Waals surface area contributed by atoms with Gasteiger partial charge in [0.2, 0.25) is 5.91 Å². The quantitative estimate of drug-likeness (QED) is 0.802. The van der Waals surface area contributed by atoms with E-state index in [9.17, 15) is 4.79 Å². The van der Waals surface area contributed by atoms with Gasteiger partial charge in [0.05, 0.1) is 0 Å². The number of carbonyl (C=O) groups is 1. The maximum Gasteiger partial charge on any atom is 0.225 e. The molecule has 0 saturated carbocycles. The first kappa shape index (κ1) is 14.5. The van der Waals surface area contributed by atoms with Crippen molar-refractivity contribution in [3.63, 3.8) is 0 Å². The molecule has 17 heavy (non-hydrogen) atoms. The predicted molar refractivity (Wildman–Crippen MR) is 71.6 cm³/mol. The SMILES string of the molecule is CCCCC(CC)C(=O)N1CC(C)CC(N)C1. The standard InChI is InChI=1S/C14H28N2O/c1-4-6-7-12(5-2)14(17)16-9-11(3)8-13(15)10-16/h11-13H,4-10,15H2,1-3H3. The van der Waals surface area contributed by atoms with Crippen molar-refractivity contribution >= 4 is 5.91 Å². The summed E-state index contributed by atoms with van der Waals surface area (Å²) < 4.78 is 0. The van der Waals surface area contributed by atoms with Gasteiger partial charge in [-0.05, 0) is 25.2 Å². The lowest BCUT2D eigenvalue weighted by Gasteiger charge is -2.36. The van der Waals surface area contributed by atoms with Crippen LogP contribution in [0.3, 0.4) is 0 Å². The highest BCUT2D eigenvalue weighted by molar-refractivity contribution is 5.79. The van der Waals surface area contributed by atoms with E-state index in [1.807, 2.05) is 4.90 Å².